The van der Waals surface area contributed by atoms with Crippen LogP contribution in [0.25, 0.3) is 11.3 Å². The van der Waals surface area contributed by atoms with Crippen molar-refractivity contribution in [3.05, 3.63) is 41.0 Å². The second-order valence-electron chi connectivity index (χ2n) is 6.04. The maximum atomic E-state index is 12.7. The molecule has 1 aromatic heterocycles. The van der Waals surface area contributed by atoms with Crippen LogP contribution in [0.5, 0.6) is 0 Å². The number of aromatic amines is 1. The number of hydrogen-bond donors (Lipinski definition) is 2. The average molecular weight is 334 g/mol. The second-order valence-corrected chi connectivity index (χ2v) is 6.48. The summed E-state index contributed by atoms with van der Waals surface area (Å²) in [5.74, 6) is 0.194. The zero-order valence-corrected chi connectivity index (χ0v) is 13.8. The SMILES string of the molecule is CC1CCCN(C(=O)c2cc(-c3ccc(Cl)cc3)n[nH]2)C1CO. The first kappa shape index (κ1) is 16.0. The Morgan fingerprint density at radius 1 is 1.43 bits per heavy atom. The summed E-state index contributed by atoms with van der Waals surface area (Å²) in [7, 11) is 0. The van der Waals surface area contributed by atoms with E-state index in [0.29, 0.717) is 28.9 Å². The van der Waals surface area contributed by atoms with Gasteiger partial charge in [-0.05, 0) is 37.0 Å². The number of rotatable bonds is 3. The van der Waals surface area contributed by atoms with Gasteiger partial charge in [-0.15, -0.1) is 0 Å². The van der Waals surface area contributed by atoms with Crippen molar-refractivity contribution >= 4 is 17.5 Å². The van der Waals surface area contributed by atoms with Crippen LogP contribution >= 0.6 is 11.6 Å². The molecule has 2 heterocycles. The predicted octanol–water partition coefficient (Wildman–Crippen LogP) is 2.96. The molecule has 0 radical (unpaired) electrons. The molecule has 6 heteroatoms. The third-order valence-corrected chi connectivity index (χ3v) is 4.76. The zero-order chi connectivity index (χ0) is 16.4. The van der Waals surface area contributed by atoms with E-state index in [0.717, 1.165) is 18.4 Å². The summed E-state index contributed by atoms with van der Waals surface area (Å²) in [4.78, 5) is 14.5. The Morgan fingerprint density at radius 3 is 2.87 bits per heavy atom. The van der Waals surface area contributed by atoms with E-state index in [2.05, 4.69) is 17.1 Å². The highest BCUT2D eigenvalue weighted by molar-refractivity contribution is 6.30. The fourth-order valence-corrected chi connectivity index (χ4v) is 3.26. The van der Waals surface area contributed by atoms with Crippen molar-refractivity contribution < 1.29 is 9.90 Å². The first-order valence-corrected chi connectivity index (χ1v) is 8.21. The van der Waals surface area contributed by atoms with Crippen LogP contribution in [0.15, 0.2) is 30.3 Å². The van der Waals surface area contributed by atoms with Gasteiger partial charge in [0.1, 0.15) is 5.69 Å². The molecular weight excluding hydrogens is 314 g/mol. The van der Waals surface area contributed by atoms with Gasteiger partial charge in [0, 0.05) is 17.1 Å². The number of carbonyl (C=O) groups excluding carboxylic acids is 1. The Morgan fingerprint density at radius 2 is 2.17 bits per heavy atom. The average Bonchev–Trinajstić information content (AvgIpc) is 3.04. The van der Waals surface area contributed by atoms with Gasteiger partial charge < -0.3 is 10.0 Å². The molecule has 0 bridgehead atoms. The van der Waals surface area contributed by atoms with E-state index in [1.54, 1.807) is 23.1 Å². The lowest BCUT2D eigenvalue weighted by atomic mass is 9.91. The minimum absolute atomic E-state index is 0.00884. The number of amides is 1. The Hall–Kier alpha value is -1.85. The van der Waals surface area contributed by atoms with E-state index in [1.165, 1.54) is 0 Å². The van der Waals surface area contributed by atoms with Gasteiger partial charge in [0.05, 0.1) is 18.3 Å². The number of aromatic nitrogens is 2. The van der Waals surface area contributed by atoms with E-state index < -0.39 is 0 Å². The van der Waals surface area contributed by atoms with Gasteiger partial charge in [-0.25, -0.2) is 0 Å². The van der Waals surface area contributed by atoms with E-state index in [-0.39, 0.29) is 18.6 Å². The largest absolute Gasteiger partial charge is 0.394 e. The summed E-state index contributed by atoms with van der Waals surface area (Å²) in [5.41, 5.74) is 2.05. The number of aliphatic hydroxyl groups is 1. The van der Waals surface area contributed by atoms with Crippen molar-refractivity contribution in [3.8, 4) is 11.3 Å². The number of halogens is 1. The van der Waals surface area contributed by atoms with Crippen molar-refractivity contribution in [2.45, 2.75) is 25.8 Å². The van der Waals surface area contributed by atoms with Crippen molar-refractivity contribution in [1.82, 2.24) is 15.1 Å². The molecule has 1 aromatic carbocycles. The molecule has 0 aliphatic carbocycles. The van der Waals surface area contributed by atoms with Gasteiger partial charge >= 0.3 is 0 Å². The summed E-state index contributed by atoms with van der Waals surface area (Å²) in [6, 6.07) is 8.94. The first-order valence-electron chi connectivity index (χ1n) is 7.83. The molecular formula is C17H20ClN3O2. The van der Waals surface area contributed by atoms with Crippen LogP contribution in [-0.2, 0) is 0 Å². The summed E-state index contributed by atoms with van der Waals surface area (Å²) >= 11 is 5.89. The first-order chi connectivity index (χ1) is 11.1. The number of piperidine rings is 1. The number of nitrogens with one attached hydrogen (secondary N) is 1. The van der Waals surface area contributed by atoms with Crippen molar-refractivity contribution in [1.29, 1.82) is 0 Å². The number of H-pyrrole nitrogens is 1. The lowest BCUT2D eigenvalue weighted by Gasteiger charge is -2.38. The van der Waals surface area contributed by atoms with Crippen molar-refractivity contribution in [2.24, 2.45) is 5.92 Å². The van der Waals surface area contributed by atoms with E-state index in [9.17, 15) is 9.90 Å². The van der Waals surface area contributed by atoms with Crippen molar-refractivity contribution in [3.63, 3.8) is 0 Å². The quantitative estimate of drug-likeness (QED) is 0.907. The third-order valence-electron chi connectivity index (χ3n) is 4.51. The highest BCUT2D eigenvalue weighted by atomic mass is 35.5. The van der Waals surface area contributed by atoms with Gasteiger partial charge in [0.25, 0.3) is 5.91 Å². The molecule has 0 spiro atoms. The lowest BCUT2D eigenvalue weighted by Crippen LogP contribution is -2.49. The van der Waals surface area contributed by atoms with Gasteiger partial charge in [-0.3, -0.25) is 9.89 Å². The Kier molecular flexibility index (Phi) is 4.68. The minimum atomic E-state index is -0.126. The van der Waals surface area contributed by atoms with Crippen LogP contribution in [0.4, 0.5) is 0 Å². The summed E-state index contributed by atoms with van der Waals surface area (Å²) < 4.78 is 0. The van der Waals surface area contributed by atoms with Crippen LogP contribution in [0.2, 0.25) is 5.02 Å². The number of aliphatic hydroxyl groups excluding tert-OH is 1. The molecule has 1 fully saturated rings. The molecule has 1 aliphatic heterocycles. The molecule has 122 valence electrons. The minimum Gasteiger partial charge on any atom is -0.394 e. The van der Waals surface area contributed by atoms with Crippen LogP contribution in [-0.4, -0.2) is 45.3 Å². The lowest BCUT2D eigenvalue weighted by molar-refractivity contribution is 0.0353. The normalized spacial score (nSPS) is 21.4. The molecule has 1 saturated heterocycles. The van der Waals surface area contributed by atoms with Crippen LogP contribution < -0.4 is 0 Å². The predicted molar refractivity (Wildman–Crippen MR) is 89.3 cm³/mol. The summed E-state index contributed by atoms with van der Waals surface area (Å²) in [5, 5.41) is 17.3. The highest BCUT2D eigenvalue weighted by Gasteiger charge is 2.32. The highest BCUT2D eigenvalue weighted by Crippen LogP contribution is 2.26. The van der Waals surface area contributed by atoms with E-state index in [1.807, 2.05) is 12.1 Å². The molecule has 2 aromatic rings. The Labute approximate surface area is 140 Å². The molecule has 1 aliphatic rings. The van der Waals surface area contributed by atoms with Crippen LogP contribution in [0.1, 0.15) is 30.3 Å². The fourth-order valence-electron chi connectivity index (χ4n) is 3.13. The van der Waals surface area contributed by atoms with Gasteiger partial charge in [-0.2, -0.15) is 5.10 Å². The topological polar surface area (TPSA) is 69.2 Å². The molecule has 23 heavy (non-hydrogen) atoms. The second kappa shape index (κ2) is 6.72. The van der Waals surface area contributed by atoms with Gasteiger partial charge in [-0.1, -0.05) is 30.7 Å². The van der Waals surface area contributed by atoms with Crippen molar-refractivity contribution in [2.75, 3.05) is 13.2 Å². The molecule has 1 amide bonds. The number of nitrogens with zero attached hydrogens (tertiary/aromatic N) is 2. The van der Waals surface area contributed by atoms with Crippen LogP contribution in [0.3, 0.4) is 0 Å². The maximum Gasteiger partial charge on any atom is 0.272 e. The molecule has 2 unspecified atom stereocenters. The number of hydrogen-bond acceptors (Lipinski definition) is 3. The molecule has 0 saturated carbocycles. The standard InChI is InChI=1S/C17H20ClN3O2/c1-11-3-2-8-21(16(11)10-22)17(23)15-9-14(19-20-15)12-4-6-13(18)7-5-12/h4-7,9,11,16,22H,2-3,8,10H2,1H3,(H,19,20). The summed E-state index contributed by atoms with van der Waals surface area (Å²) in [6.45, 7) is 2.74. The van der Waals surface area contributed by atoms with Gasteiger partial charge in [0.2, 0.25) is 0 Å². The monoisotopic (exact) mass is 333 g/mol. The van der Waals surface area contributed by atoms with E-state index in [4.69, 9.17) is 11.6 Å². The zero-order valence-electron chi connectivity index (χ0n) is 13.0. The number of likely N-dealkylation sites (tertiary alicyclic amines) is 1. The smallest absolute Gasteiger partial charge is 0.272 e. The number of carbonyl (C=O) groups is 1. The van der Waals surface area contributed by atoms with E-state index >= 15 is 0 Å². The third kappa shape index (κ3) is 3.26. The van der Waals surface area contributed by atoms with Gasteiger partial charge in [0.15, 0.2) is 0 Å². The fraction of sp³-hybridized carbons (Fsp3) is 0.412. The number of benzene rings is 1. The van der Waals surface area contributed by atoms with Crippen LogP contribution in [0, 0.1) is 5.92 Å². The Balaban J connectivity index is 1.82. The molecule has 2 atom stereocenters. The molecule has 3 rings (SSSR count). The Bertz CT molecular complexity index is 683. The summed E-state index contributed by atoms with van der Waals surface area (Å²) in [6.07, 6.45) is 2.00. The molecule has 5 nitrogen and oxygen atoms in total. The maximum absolute atomic E-state index is 12.7. The molecule has 2 N–H and O–H groups in total.